The molecule has 0 radical (unpaired) electrons. The van der Waals surface area contributed by atoms with E-state index < -0.39 is 0 Å². The normalized spacial score (nSPS) is 12.6. The molecule has 0 saturated heterocycles. The van der Waals surface area contributed by atoms with Crippen molar-refractivity contribution in [2.75, 3.05) is 12.8 Å². The molecule has 0 saturated carbocycles. The van der Waals surface area contributed by atoms with E-state index in [2.05, 4.69) is 18.8 Å². The molecule has 4 nitrogen and oxygen atoms in total. The van der Waals surface area contributed by atoms with Crippen molar-refractivity contribution >= 4 is 33.1 Å². The van der Waals surface area contributed by atoms with Gasteiger partial charge in [0.05, 0.1) is 5.69 Å². The van der Waals surface area contributed by atoms with Gasteiger partial charge in [0, 0.05) is 24.2 Å². The van der Waals surface area contributed by atoms with E-state index in [1.807, 2.05) is 27.0 Å². The molecule has 1 amide bonds. The standard InChI is InChI=1S/C16H23N3OS/c1-6-7-11(4)19(5)16(20)14-13(17)12-9(2)8-10(3)18-15(12)21-14/h8,11H,6-7,17H2,1-5H3. The van der Waals surface area contributed by atoms with Crippen LogP contribution in [0.4, 0.5) is 5.69 Å². The molecule has 0 aliphatic carbocycles. The minimum Gasteiger partial charge on any atom is -0.397 e. The first-order chi connectivity index (χ1) is 9.86. The Kier molecular flexibility index (Phi) is 4.52. The molecule has 0 aliphatic heterocycles. The van der Waals surface area contributed by atoms with Gasteiger partial charge in [-0.2, -0.15) is 0 Å². The van der Waals surface area contributed by atoms with Gasteiger partial charge < -0.3 is 10.6 Å². The highest BCUT2D eigenvalue weighted by atomic mass is 32.1. The number of pyridine rings is 1. The summed E-state index contributed by atoms with van der Waals surface area (Å²) in [5.74, 6) is -0.00602. The van der Waals surface area contributed by atoms with Crippen molar-refractivity contribution in [1.29, 1.82) is 0 Å². The lowest BCUT2D eigenvalue weighted by molar-refractivity contribution is 0.0742. The largest absolute Gasteiger partial charge is 0.397 e. The Labute approximate surface area is 130 Å². The summed E-state index contributed by atoms with van der Waals surface area (Å²) in [7, 11) is 1.85. The summed E-state index contributed by atoms with van der Waals surface area (Å²) in [6.45, 7) is 8.16. The molecular formula is C16H23N3OS. The predicted octanol–water partition coefficient (Wildman–Crippen LogP) is 3.76. The van der Waals surface area contributed by atoms with Gasteiger partial charge in [0.15, 0.2) is 0 Å². The number of aryl methyl sites for hydroxylation is 2. The Hall–Kier alpha value is -1.62. The van der Waals surface area contributed by atoms with Gasteiger partial charge in [0.25, 0.3) is 5.91 Å². The lowest BCUT2D eigenvalue weighted by Crippen LogP contribution is -2.34. The number of nitrogen functional groups attached to an aromatic ring is 1. The van der Waals surface area contributed by atoms with Crippen molar-refractivity contribution in [1.82, 2.24) is 9.88 Å². The second-order valence-electron chi connectivity index (χ2n) is 5.66. The van der Waals surface area contributed by atoms with Crippen LogP contribution in [-0.2, 0) is 0 Å². The number of fused-ring (bicyclic) bond motifs is 1. The fraction of sp³-hybridized carbons (Fsp3) is 0.500. The maximum atomic E-state index is 12.7. The van der Waals surface area contributed by atoms with Gasteiger partial charge in [-0.25, -0.2) is 4.98 Å². The van der Waals surface area contributed by atoms with Gasteiger partial charge in [0.1, 0.15) is 9.71 Å². The molecule has 0 aromatic carbocycles. The Bertz CT molecular complexity index is 678. The fourth-order valence-corrected chi connectivity index (χ4v) is 3.80. The highest BCUT2D eigenvalue weighted by molar-refractivity contribution is 7.21. The summed E-state index contributed by atoms with van der Waals surface area (Å²) in [4.78, 5) is 20.4. The molecule has 0 spiro atoms. The first-order valence-electron chi connectivity index (χ1n) is 7.30. The molecule has 0 bridgehead atoms. The Morgan fingerprint density at radius 2 is 2.14 bits per heavy atom. The van der Waals surface area contributed by atoms with E-state index in [-0.39, 0.29) is 11.9 Å². The Balaban J connectivity index is 2.45. The number of hydrogen-bond acceptors (Lipinski definition) is 4. The third-order valence-corrected chi connectivity index (χ3v) is 4.99. The van der Waals surface area contributed by atoms with Crippen molar-refractivity contribution < 1.29 is 4.79 Å². The zero-order valence-electron chi connectivity index (χ0n) is 13.4. The lowest BCUT2D eigenvalue weighted by Gasteiger charge is -2.24. The maximum Gasteiger partial charge on any atom is 0.266 e. The first kappa shape index (κ1) is 15.8. The van der Waals surface area contributed by atoms with E-state index in [1.165, 1.54) is 11.3 Å². The summed E-state index contributed by atoms with van der Waals surface area (Å²) in [5.41, 5.74) is 8.83. The number of nitrogens with zero attached hydrogens (tertiary/aromatic N) is 2. The van der Waals surface area contributed by atoms with Crippen LogP contribution in [0.1, 0.15) is 47.6 Å². The zero-order chi connectivity index (χ0) is 15.7. The number of carbonyl (C=O) groups is 1. The van der Waals surface area contributed by atoms with Crippen molar-refractivity contribution in [3.63, 3.8) is 0 Å². The number of thiophene rings is 1. The van der Waals surface area contributed by atoms with Gasteiger partial charge in [-0.05, 0) is 38.8 Å². The van der Waals surface area contributed by atoms with E-state index in [4.69, 9.17) is 5.73 Å². The van der Waals surface area contributed by atoms with E-state index in [1.54, 1.807) is 4.90 Å². The van der Waals surface area contributed by atoms with Gasteiger partial charge >= 0.3 is 0 Å². The van der Waals surface area contributed by atoms with Crippen LogP contribution in [0, 0.1) is 13.8 Å². The monoisotopic (exact) mass is 305 g/mol. The van der Waals surface area contributed by atoms with Crippen LogP contribution < -0.4 is 5.73 Å². The van der Waals surface area contributed by atoms with Crippen molar-refractivity contribution in [2.24, 2.45) is 0 Å². The average molecular weight is 305 g/mol. The van der Waals surface area contributed by atoms with Crippen LogP contribution in [0.5, 0.6) is 0 Å². The number of aromatic nitrogens is 1. The molecule has 1 unspecified atom stereocenters. The molecule has 0 aliphatic rings. The smallest absolute Gasteiger partial charge is 0.266 e. The van der Waals surface area contributed by atoms with Gasteiger partial charge in [-0.15, -0.1) is 11.3 Å². The van der Waals surface area contributed by atoms with Crippen LogP contribution in [0.2, 0.25) is 0 Å². The van der Waals surface area contributed by atoms with E-state index in [0.29, 0.717) is 10.6 Å². The van der Waals surface area contributed by atoms with Crippen LogP contribution in [0.3, 0.4) is 0 Å². The molecule has 2 aromatic rings. The molecule has 2 aromatic heterocycles. The van der Waals surface area contributed by atoms with E-state index in [9.17, 15) is 4.79 Å². The summed E-state index contributed by atoms with van der Waals surface area (Å²) in [6, 6.07) is 2.21. The summed E-state index contributed by atoms with van der Waals surface area (Å²) < 4.78 is 0. The molecule has 114 valence electrons. The van der Waals surface area contributed by atoms with Crippen LogP contribution in [0.15, 0.2) is 6.07 Å². The molecule has 2 N–H and O–H groups in total. The van der Waals surface area contributed by atoms with Crippen LogP contribution in [0.25, 0.3) is 10.2 Å². The van der Waals surface area contributed by atoms with Crippen molar-refractivity contribution in [2.45, 2.75) is 46.6 Å². The molecule has 21 heavy (non-hydrogen) atoms. The molecular weight excluding hydrogens is 282 g/mol. The number of nitrogens with two attached hydrogens (primary N) is 1. The fourth-order valence-electron chi connectivity index (χ4n) is 2.60. The topological polar surface area (TPSA) is 59.2 Å². The number of carbonyl (C=O) groups excluding carboxylic acids is 1. The van der Waals surface area contributed by atoms with Crippen LogP contribution in [-0.4, -0.2) is 28.9 Å². The number of hydrogen-bond donors (Lipinski definition) is 1. The Morgan fingerprint density at radius 1 is 1.48 bits per heavy atom. The van der Waals surface area contributed by atoms with Crippen molar-refractivity contribution in [3.05, 3.63) is 22.2 Å². The second kappa shape index (κ2) is 6.02. The highest BCUT2D eigenvalue weighted by Crippen LogP contribution is 2.35. The molecule has 0 fully saturated rings. The van der Waals surface area contributed by atoms with Gasteiger partial charge in [-0.1, -0.05) is 13.3 Å². The third-order valence-electron chi connectivity index (χ3n) is 3.91. The minimum atomic E-state index is -0.00602. The highest BCUT2D eigenvalue weighted by Gasteiger charge is 2.23. The SMILES string of the molecule is CCCC(C)N(C)C(=O)c1sc2nc(C)cc(C)c2c1N. The summed E-state index contributed by atoms with van der Waals surface area (Å²) in [5, 5.41) is 0.922. The zero-order valence-corrected chi connectivity index (χ0v) is 14.2. The first-order valence-corrected chi connectivity index (χ1v) is 8.11. The number of rotatable bonds is 4. The summed E-state index contributed by atoms with van der Waals surface area (Å²) >= 11 is 1.40. The lowest BCUT2D eigenvalue weighted by atomic mass is 10.1. The van der Waals surface area contributed by atoms with E-state index >= 15 is 0 Å². The maximum absolute atomic E-state index is 12.7. The predicted molar refractivity (Wildman–Crippen MR) is 90.0 cm³/mol. The molecule has 5 heteroatoms. The Morgan fingerprint density at radius 3 is 2.76 bits per heavy atom. The summed E-state index contributed by atoms with van der Waals surface area (Å²) in [6.07, 6.45) is 2.05. The second-order valence-corrected chi connectivity index (χ2v) is 6.66. The molecule has 1 atom stereocenters. The van der Waals surface area contributed by atoms with Crippen molar-refractivity contribution in [3.8, 4) is 0 Å². The van der Waals surface area contributed by atoms with E-state index in [0.717, 1.165) is 34.3 Å². The quantitative estimate of drug-likeness (QED) is 0.935. The van der Waals surface area contributed by atoms with Gasteiger partial charge in [0.2, 0.25) is 0 Å². The average Bonchev–Trinajstić information content (AvgIpc) is 2.74. The number of amides is 1. The number of anilines is 1. The third kappa shape index (κ3) is 2.88. The van der Waals surface area contributed by atoms with Gasteiger partial charge in [-0.3, -0.25) is 4.79 Å². The molecule has 2 heterocycles. The van der Waals surface area contributed by atoms with Crippen LogP contribution >= 0.6 is 11.3 Å². The molecule has 2 rings (SSSR count). The minimum absolute atomic E-state index is 0.00602.